The molecule has 3 aromatic rings. The second-order valence-electron chi connectivity index (χ2n) is 5.55. The maximum absolute atomic E-state index is 10.2. The Labute approximate surface area is 137 Å². The Morgan fingerprint density at radius 1 is 1.05 bits per heavy atom. The van der Waals surface area contributed by atoms with E-state index in [1.807, 2.05) is 24.3 Å². The molecular formula is C17H14Cl2N2O. The fourth-order valence-corrected chi connectivity index (χ4v) is 3.56. The molecule has 112 valence electrons. The fourth-order valence-electron chi connectivity index (χ4n) is 3.23. The zero-order chi connectivity index (χ0) is 15.3. The van der Waals surface area contributed by atoms with Crippen LogP contribution in [0.15, 0.2) is 36.4 Å². The van der Waals surface area contributed by atoms with Crippen molar-refractivity contribution in [3.05, 3.63) is 63.3 Å². The molecule has 22 heavy (non-hydrogen) atoms. The molecule has 0 spiro atoms. The summed E-state index contributed by atoms with van der Waals surface area (Å²) in [5, 5.41) is 16.1. The van der Waals surface area contributed by atoms with Crippen molar-refractivity contribution in [2.75, 3.05) is 6.54 Å². The first kappa shape index (κ1) is 13.9. The van der Waals surface area contributed by atoms with E-state index in [0.717, 1.165) is 40.1 Å². The Morgan fingerprint density at radius 2 is 1.82 bits per heavy atom. The number of aromatic amines is 1. The number of H-pyrrole nitrogens is 1. The average molecular weight is 333 g/mol. The molecule has 3 N–H and O–H groups in total. The molecular weight excluding hydrogens is 319 g/mol. The molecule has 2 aromatic carbocycles. The van der Waals surface area contributed by atoms with Crippen LogP contribution in [-0.2, 0) is 6.42 Å². The van der Waals surface area contributed by atoms with Gasteiger partial charge in [-0.25, -0.2) is 0 Å². The van der Waals surface area contributed by atoms with Gasteiger partial charge in [0.1, 0.15) is 5.75 Å². The van der Waals surface area contributed by atoms with Crippen molar-refractivity contribution >= 4 is 34.1 Å². The molecule has 0 fully saturated rings. The van der Waals surface area contributed by atoms with Crippen LogP contribution >= 0.6 is 23.2 Å². The summed E-state index contributed by atoms with van der Waals surface area (Å²) in [6.07, 6.45) is 0.931. The molecule has 0 saturated heterocycles. The minimum atomic E-state index is -0.0767. The van der Waals surface area contributed by atoms with E-state index < -0.39 is 0 Å². The highest BCUT2D eigenvalue weighted by molar-refractivity contribution is 6.31. The first-order valence-corrected chi connectivity index (χ1v) is 7.91. The Hall–Kier alpha value is -1.68. The highest BCUT2D eigenvalue weighted by atomic mass is 35.5. The lowest BCUT2D eigenvalue weighted by Crippen LogP contribution is -2.30. The third-order valence-corrected chi connectivity index (χ3v) is 4.69. The third kappa shape index (κ3) is 2.17. The van der Waals surface area contributed by atoms with Gasteiger partial charge in [0.15, 0.2) is 0 Å². The number of rotatable bonds is 1. The molecule has 0 radical (unpaired) electrons. The normalized spacial score (nSPS) is 17.6. The molecule has 1 atom stereocenters. The van der Waals surface area contributed by atoms with Crippen LogP contribution in [0.5, 0.6) is 5.75 Å². The smallest absolute Gasteiger partial charge is 0.122 e. The second kappa shape index (κ2) is 5.20. The van der Waals surface area contributed by atoms with Gasteiger partial charge in [-0.15, -0.1) is 0 Å². The standard InChI is InChI=1S/C17H14Cl2N2O/c18-9-2-4-14-13(7-9)11-5-6-20-16(17(11)21-14)12-3-1-10(19)8-15(12)22/h1-4,7-8,16,20-22H,5-6H2. The maximum atomic E-state index is 10.2. The van der Waals surface area contributed by atoms with Gasteiger partial charge in [-0.05, 0) is 42.3 Å². The molecule has 1 aromatic heterocycles. The van der Waals surface area contributed by atoms with Gasteiger partial charge < -0.3 is 15.4 Å². The fraction of sp³-hybridized carbons (Fsp3) is 0.176. The molecule has 2 heterocycles. The Kier molecular flexibility index (Phi) is 3.30. The SMILES string of the molecule is Oc1cc(Cl)ccc1C1NCCc2c1[nH]c1ccc(Cl)cc21. The van der Waals surface area contributed by atoms with E-state index in [1.54, 1.807) is 12.1 Å². The molecule has 0 bridgehead atoms. The highest BCUT2D eigenvalue weighted by Gasteiger charge is 2.27. The summed E-state index contributed by atoms with van der Waals surface area (Å²) in [4.78, 5) is 3.47. The molecule has 5 heteroatoms. The van der Waals surface area contributed by atoms with Crippen molar-refractivity contribution in [3.63, 3.8) is 0 Å². The molecule has 1 aliphatic rings. The van der Waals surface area contributed by atoms with E-state index in [0.29, 0.717) is 5.02 Å². The maximum Gasteiger partial charge on any atom is 0.122 e. The first-order chi connectivity index (χ1) is 10.6. The topological polar surface area (TPSA) is 48.0 Å². The van der Waals surface area contributed by atoms with E-state index in [1.165, 1.54) is 5.56 Å². The quantitative estimate of drug-likeness (QED) is 0.618. The van der Waals surface area contributed by atoms with Crippen LogP contribution in [0.4, 0.5) is 0 Å². The number of phenolic OH excluding ortho intramolecular Hbond substituents is 1. The predicted octanol–water partition coefficient (Wildman–Crippen LogP) is 4.42. The van der Waals surface area contributed by atoms with Crippen LogP contribution in [0.1, 0.15) is 22.9 Å². The monoisotopic (exact) mass is 332 g/mol. The van der Waals surface area contributed by atoms with Crippen molar-refractivity contribution < 1.29 is 5.11 Å². The molecule has 3 nitrogen and oxygen atoms in total. The third-order valence-electron chi connectivity index (χ3n) is 4.22. The van der Waals surface area contributed by atoms with Crippen LogP contribution in [-0.4, -0.2) is 16.6 Å². The number of nitrogens with one attached hydrogen (secondary N) is 2. The molecule has 1 aliphatic heterocycles. The van der Waals surface area contributed by atoms with E-state index in [-0.39, 0.29) is 11.8 Å². The lowest BCUT2D eigenvalue weighted by Gasteiger charge is -2.25. The van der Waals surface area contributed by atoms with Gasteiger partial charge in [-0.2, -0.15) is 0 Å². The zero-order valence-electron chi connectivity index (χ0n) is 11.7. The predicted molar refractivity (Wildman–Crippen MR) is 90.0 cm³/mol. The van der Waals surface area contributed by atoms with E-state index in [4.69, 9.17) is 23.2 Å². The summed E-state index contributed by atoms with van der Waals surface area (Å²) in [5.74, 6) is 0.203. The van der Waals surface area contributed by atoms with Gasteiger partial charge in [0.05, 0.1) is 6.04 Å². The first-order valence-electron chi connectivity index (χ1n) is 7.15. The Balaban J connectivity index is 1.90. The highest BCUT2D eigenvalue weighted by Crippen LogP contribution is 2.37. The lowest BCUT2D eigenvalue weighted by atomic mass is 9.94. The number of hydrogen-bond donors (Lipinski definition) is 3. The number of hydrogen-bond acceptors (Lipinski definition) is 2. The van der Waals surface area contributed by atoms with Gasteiger partial charge in [-0.1, -0.05) is 29.3 Å². The molecule has 1 unspecified atom stereocenters. The molecule has 0 saturated carbocycles. The van der Waals surface area contributed by atoms with Gasteiger partial charge >= 0.3 is 0 Å². The van der Waals surface area contributed by atoms with Crippen LogP contribution < -0.4 is 5.32 Å². The Morgan fingerprint density at radius 3 is 2.64 bits per heavy atom. The molecule has 0 aliphatic carbocycles. The average Bonchev–Trinajstić information content (AvgIpc) is 2.85. The lowest BCUT2D eigenvalue weighted by molar-refractivity contribution is 0.452. The number of phenols is 1. The van der Waals surface area contributed by atoms with Crippen molar-refractivity contribution in [2.45, 2.75) is 12.5 Å². The van der Waals surface area contributed by atoms with Gasteiger partial charge in [0, 0.05) is 38.8 Å². The number of aromatic nitrogens is 1. The van der Waals surface area contributed by atoms with Crippen molar-refractivity contribution in [1.29, 1.82) is 0 Å². The Bertz CT molecular complexity index is 872. The van der Waals surface area contributed by atoms with Crippen molar-refractivity contribution in [1.82, 2.24) is 10.3 Å². The summed E-state index contributed by atoms with van der Waals surface area (Å²) >= 11 is 12.1. The number of benzene rings is 2. The van der Waals surface area contributed by atoms with E-state index in [2.05, 4.69) is 10.3 Å². The van der Waals surface area contributed by atoms with Crippen LogP contribution in [0.2, 0.25) is 10.0 Å². The van der Waals surface area contributed by atoms with Crippen molar-refractivity contribution in [3.8, 4) is 5.75 Å². The molecule has 4 rings (SSSR count). The van der Waals surface area contributed by atoms with E-state index in [9.17, 15) is 5.11 Å². The summed E-state index contributed by atoms with van der Waals surface area (Å²) < 4.78 is 0. The van der Waals surface area contributed by atoms with Gasteiger partial charge in [0.25, 0.3) is 0 Å². The van der Waals surface area contributed by atoms with Crippen LogP contribution in [0.25, 0.3) is 10.9 Å². The zero-order valence-corrected chi connectivity index (χ0v) is 13.2. The summed E-state index contributed by atoms with van der Waals surface area (Å²) in [7, 11) is 0. The van der Waals surface area contributed by atoms with Crippen LogP contribution in [0, 0.1) is 0 Å². The largest absolute Gasteiger partial charge is 0.508 e. The summed E-state index contributed by atoms with van der Waals surface area (Å²) in [6, 6.07) is 11.0. The van der Waals surface area contributed by atoms with Gasteiger partial charge in [-0.3, -0.25) is 0 Å². The second-order valence-corrected chi connectivity index (χ2v) is 6.42. The molecule has 0 amide bonds. The minimum absolute atomic E-state index is 0.0767. The number of halogens is 2. The van der Waals surface area contributed by atoms with E-state index >= 15 is 0 Å². The minimum Gasteiger partial charge on any atom is -0.508 e. The van der Waals surface area contributed by atoms with Crippen LogP contribution in [0.3, 0.4) is 0 Å². The summed E-state index contributed by atoms with van der Waals surface area (Å²) in [6.45, 7) is 0.846. The summed E-state index contributed by atoms with van der Waals surface area (Å²) in [5.41, 5.74) is 4.23. The van der Waals surface area contributed by atoms with Crippen molar-refractivity contribution in [2.24, 2.45) is 0 Å². The van der Waals surface area contributed by atoms with Gasteiger partial charge in [0.2, 0.25) is 0 Å². The number of aromatic hydroxyl groups is 1. The number of fused-ring (bicyclic) bond motifs is 3.